The summed E-state index contributed by atoms with van der Waals surface area (Å²) in [5, 5.41) is 2.66. The van der Waals surface area contributed by atoms with Crippen molar-refractivity contribution >= 4 is 62.0 Å². The molecule has 0 unspecified atom stereocenters. The molecule has 0 fully saturated rings. The van der Waals surface area contributed by atoms with Crippen molar-refractivity contribution < 1.29 is 0 Å². The summed E-state index contributed by atoms with van der Waals surface area (Å²) in [5.74, 6) is 0. The van der Waals surface area contributed by atoms with Crippen LogP contribution in [-0.4, -0.2) is 16.3 Å². The lowest BCUT2D eigenvalue weighted by atomic mass is 9.33. The average molecular weight is 796 g/mol. The monoisotopic (exact) mass is 795 g/mol. The van der Waals surface area contributed by atoms with Crippen LogP contribution in [0.4, 0.5) is 17.1 Å². The molecule has 0 aliphatic carbocycles. The van der Waals surface area contributed by atoms with Gasteiger partial charge < -0.3 is 9.47 Å². The number of aromatic nitrogens is 2. The Balaban J connectivity index is 1.34. The summed E-state index contributed by atoms with van der Waals surface area (Å²) in [6, 6.07) is 48.7. The van der Waals surface area contributed by atoms with Gasteiger partial charge in [-0.05, 0) is 120 Å². The van der Waals surface area contributed by atoms with Crippen LogP contribution in [0.25, 0.3) is 49.9 Å². The summed E-state index contributed by atoms with van der Waals surface area (Å²) >= 11 is 0. The van der Waals surface area contributed by atoms with Gasteiger partial charge in [-0.1, -0.05) is 156 Å². The molecule has 61 heavy (non-hydrogen) atoms. The number of hydrogen-bond acceptors (Lipinski definition) is 2. The largest absolute Gasteiger partial charge is 0.311 e. The molecule has 8 aromatic rings. The third-order valence-corrected chi connectivity index (χ3v) is 13.4. The van der Waals surface area contributed by atoms with Gasteiger partial charge in [-0.15, -0.1) is 0 Å². The molecule has 10 rings (SSSR count). The number of hydrogen-bond donors (Lipinski definition) is 0. The minimum Gasteiger partial charge on any atom is -0.311 e. The first-order valence-corrected chi connectivity index (χ1v) is 22.2. The molecule has 4 heterocycles. The summed E-state index contributed by atoms with van der Waals surface area (Å²) in [7, 11) is 0. The number of anilines is 3. The van der Waals surface area contributed by atoms with Crippen LogP contribution in [0.5, 0.6) is 0 Å². The maximum atomic E-state index is 5.06. The van der Waals surface area contributed by atoms with Gasteiger partial charge in [0.2, 0.25) is 0 Å². The molecule has 304 valence electrons. The Morgan fingerprint density at radius 3 is 1.67 bits per heavy atom. The van der Waals surface area contributed by atoms with Crippen molar-refractivity contribution in [1.82, 2.24) is 9.55 Å². The van der Waals surface area contributed by atoms with Crippen molar-refractivity contribution in [2.24, 2.45) is 0 Å². The van der Waals surface area contributed by atoms with Gasteiger partial charge in [0.05, 0.1) is 11.2 Å². The molecule has 4 heteroatoms. The molecule has 0 radical (unpaired) electrons. The van der Waals surface area contributed by atoms with Crippen molar-refractivity contribution in [3.8, 4) is 28.1 Å². The van der Waals surface area contributed by atoms with Crippen molar-refractivity contribution in [2.45, 2.75) is 105 Å². The van der Waals surface area contributed by atoms with E-state index in [9.17, 15) is 0 Å². The molecule has 0 saturated heterocycles. The third kappa shape index (κ3) is 6.36. The Bertz CT molecular complexity index is 3030. The zero-order valence-electron chi connectivity index (χ0n) is 38.1. The van der Waals surface area contributed by atoms with E-state index in [4.69, 9.17) is 4.98 Å². The van der Waals surface area contributed by atoms with E-state index in [-0.39, 0.29) is 28.4 Å². The maximum absolute atomic E-state index is 5.06. The number of nitrogens with zero attached hydrogens (tertiary/aromatic N) is 3. The molecule has 0 bridgehead atoms. The fourth-order valence-corrected chi connectivity index (χ4v) is 9.80. The van der Waals surface area contributed by atoms with Gasteiger partial charge in [0.15, 0.2) is 0 Å². The van der Waals surface area contributed by atoms with Gasteiger partial charge in [0.1, 0.15) is 0 Å². The molecule has 2 aromatic heterocycles. The fourth-order valence-electron chi connectivity index (χ4n) is 9.80. The molecular weight excluding hydrogens is 737 g/mol. The highest BCUT2D eigenvalue weighted by molar-refractivity contribution is 7.00. The van der Waals surface area contributed by atoms with E-state index >= 15 is 0 Å². The van der Waals surface area contributed by atoms with E-state index in [2.05, 4.69) is 226 Å². The van der Waals surface area contributed by atoms with E-state index in [0.29, 0.717) is 0 Å². The quantitative estimate of drug-likeness (QED) is 0.166. The summed E-state index contributed by atoms with van der Waals surface area (Å²) < 4.78 is 2.61. The Morgan fingerprint density at radius 1 is 0.443 bits per heavy atom. The second kappa shape index (κ2) is 13.3. The van der Waals surface area contributed by atoms with Crippen LogP contribution in [0.1, 0.15) is 105 Å². The van der Waals surface area contributed by atoms with Crippen LogP contribution in [0.3, 0.4) is 0 Å². The Morgan fingerprint density at radius 2 is 1.03 bits per heavy atom. The Hall–Kier alpha value is -5.87. The lowest BCUT2D eigenvalue weighted by molar-refractivity contribution is 0.590. The van der Waals surface area contributed by atoms with Crippen LogP contribution in [0, 0.1) is 0 Å². The predicted molar refractivity (Wildman–Crippen MR) is 264 cm³/mol. The molecule has 2 aliphatic rings. The molecule has 2 aliphatic heterocycles. The summed E-state index contributed by atoms with van der Waals surface area (Å²) in [4.78, 5) is 7.61. The number of rotatable bonds is 3. The Kier molecular flexibility index (Phi) is 8.58. The van der Waals surface area contributed by atoms with E-state index in [1.807, 2.05) is 0 Å². The normalized spacial score (nSPS) is 13.8. The first-order chi connectivity index (χ1) is 28.8. The zero-order chi connectivity index (χ0) is 43.0. The predicted octanol–water partition coefficient (Wildman–Crippen LogP) is 13.3. The minimum absolute atomic E-state index is 0.0151. The SMILES string of the molecule is CC(C)(C)c1ccc(N2c3ccc(C(C)(C)C)cc3B3c4c2cc(-c2ccc(-c5ccccc5)nc2)cc4-n2c4ccc(C(C)(C)C)cc4c4cc(C(C)(C)C)cc3c42)cc1. The van der Waals surface area contributed by atoms with E-state index in [1.54, 1.807) is 0 Å². The highest BCUT2D eigenvalue weighted by Crippen LogP contribution is 2.45. The van der Waals surface area contributed by atoms with E-state index in [1.165, 1.54) is 83.2 Å². The summed E-state index contributed by atoms with van der Waals surface area (Å²) in [6.07, 6.45) is 2.06. The van der Waals surface area contributed by atoms with Gasteiger partial charge in [0.25, 0.3) is 6.71 Å². The molecule has 0 N–H and O–H groups in total. The van der Waals surface area contributed by atoms with Gasteiger partial charge in [0, 0.05) is 56.4 Å². The van der Waals surface area contributed by atoms with Crippen molar-refractivity contribution in [3.63, 3.8) is 0 Å². The molecule has 0 atom stereocenters. The highest BCUT2D eigenvalue weighted by atomic mass is 15.2. The zero-order valence-corrected chi connectivity index (χ0v) is 38.1. The van der Waals surface area contributed by atoms with Gasteiger partial charge in [-0.3, -0.25) is 4.98 Å². The summed E-state index contributed by atoms with van der Waals surface area (Å²) in [5.41, 5.74) is 21.3. The molecule has 0 saturated carbocycles. The molecule has 3 nitrogen and oxygen atoms in total. The van der Waals surface area contributed by atoms with Crippen LogP contribution in [-0.2, 0) is 21.7 Å². The Labute approximate surface area is 363 Å². The second-order valence-corrected chi connectivity index (χ2v) is 21.8. The van der Waals surface area contributed by atoms with Gasteiger partial charge in [-0.2, -0.15) is 0 Å². The van der Waals surface area contributed by atoms with Crippen molar-refractivity contribution in [2.75, 3.05) is 4.90 Å². The van der Waals surface area contributed by atoms with Gasteiger partial charge >= 0.3 is 0 Å². The van der Waals surface area contributed by atoms with Crippen LogP contribution >= 0.6 is 0 Å². The average Bonchev–Trinajstić information content (AvgIpc) is 3.55. The topological polar surface area (TPSA) is 21.1 Å². The third-order valence-electron chi connectivity index (χ3n) is 13.4. The molecule has 0 spiro atoms. The van der Waals surface area contributed by atoms with E-state index < -0.39 is 0 Å². The van der Waals surface area contributed by atoms with Crippen molar-refractivity contribution in [3.05, 3.63) is 156 Å². The second-order valence-electron chi connectivity index (χ2n) is 21.8. The van der Waals surface area contributed by atoms with Gasteiger partial charge in [-0.25, -0.2) is 0 Å². The first-order valence-electron chi connectivity index (χ1n) is 22.2. The summed E-state index contributed by atoms with van der Waals surface area (Å²) in [6.45, 7) is 28.0. The fraction of sp³-hybridized carbons (Fsp3) is 0.281. The standard InChI is InChI=1S/C57H58BN3/c1-54(2,3)38-19-23-42(24-20-38)60-49-27-22-40(56(7,8)9)32-45(49)58-46-33-41(57(10,11)12)31-44-43-30-39(55(4,5)6)21-26-48(43)61(53(44)46)51-29-37(28-50(60)52(51)58)36-18-25-47(59-34-36)35-16-14-13-15-17-35/h13-34H,1-12H3. The number of fused-ring (bicyclic) bond motifs is 7. The molecule has 6 aromatic carbocycles. The molecular formula is C57H58BN3. The number of pyridine rings is 1. The maximum Gasteiger partial charge on any atom is 0.252 e. The van der Waals surface area contributed by atoms with Crippen LogP contribution < -0.4 is 21.3 Å². The van der Waals surface area contributed by atoms with E-state index in [0.717, 1.165) is 22.4 Å². The smallest absolute Gasteiger partial charge is 0.252 e. The molecule has 0 amide bonds. The van der Waals surface area contributed by atoms with Crippen molar-refractivity contribution in [1.29, 1.82) is 0 Å². The van der Waals surface area contributed by atoms with Crippen LogP contribution in [0.2, 0.25) is 0 Å². The lowest BCUT2D eigenvalue weighted by Gasteiger charge is -2.41. The minimum atomic E-state index is -0.0434. The first kappa shape index (κ1) is 39.3. The lowest BCUT2D eigenvalue weighted by Crippen LogP contribution is -2.60. The van der Waals surface area contributed by atoms with Crippen LogP contribution in [0.15, 0.2) is 134 Å². The highest BCUT2D eigenvalue weighted by Gasteiger charge is 2.43. The number of benzene rings is 6.